The lowest BCUT2D eigenvalue weighted by Gasteiger charge is -1.88. The van der Waals surface area contributed by atoms with Gasteiger partial charge in [-0.3, -0.25) is 4.79 Å². The van der Waals surface area contributed by atoms with E-state index < -0.39 is 11.4 Å². The van der Waals surface area contributed by atoms with E-state index in [1.165, 1.54) is 0 Å². The molecule has 0 atom stereocenters. The molecule has 9 heavy (non-hydrogen) atoms. The van der Waals surface area contributed by atoms with Crippen molar-refractivity contribution < 1.29 is 5.11 Å². The minimum Gasteiger partial charge on any atom is -0.492 e. The second kappa shape index (κ2) is 2.06. The molecule has 0 aliphatic heterocycles. The van der Waals surface area contributed by atoms with Crippen LogP contribution in [0.1, 0.15) is 0 Å². The molecule has 0 amide bonds. The summed E-state index contributed by atoms with van der Waals surface area (Å²) >= 11 is 5.22. The molecule has 2 N–H and O–H groups in total. The number of hydrogen-bond donors (Lipinski definition) is 2. The molecule has 1 heterocycles. The van der Waals surface area contributed by atoms with Gasteiger partial charge in [0, 0.05) is 0 Å². The predicted molar refractivity (Wildman–Crippen MR) is 31.5 cm³/mol. The van der Waals surface area contributed by atoms with Crippen molar-refractivity contribution in [3.8, 4) is 5.88 Å². The molecule has 0 saturated carbocycles. The third-order valence-corrected chi connectivity index (χ3v) is 1.12. The van der Waals surface area contributed by atoms with Crippen molar-refractivity contribution in [1.82, 2.24) is 9.97 Å². The molecule has 4 nitrogen and oxygen atoms in total. The van der Waals surface area contributed by atoms with Crippen molar-refractivity contribution in [3.63, 3.8) is 0 Å². The van der Waals surface area contributed by atoms with Crippen molar-refractivity contribution in [1.29, 1.82) is 0 Å². The molecule has 0 unspecified atom stereocenters. The minimum absolute atomic E-state index is 0.280. The molecule has 5 heteroatoms. The summed E-state index contributed by atoms with van der Waals surface area (Å²) in [4.78, 5) is 15.9. The monoisotopic (exact) mass is 146 g/mol. The van der Waals surface area contributed by atoms with Gasteiger partial charge in [-0.1, -0.05) is 11.6 Å². The number of nitrogens with one attached hydrogen (secondary N) is 1. The van der Waals surface area contributed by atoms with E-state index in [4.69, 9.17) is 16.7 Å². The highest BCUT2D eigenvalue weighted by Gasteiger charge is 2.00. The van der Waals surface area contributed by atoms with Crippen LogP contribution in [0.25, 0.3) is 0 Å². The number of aromatic nitrogens is 2. The van der Waals surface area contributed by atoms with Crippen molar-refractivity contribution >= 4 is 11.6 Å². The lowest BCUT2D eigenvalue weighted by Crippen LogP contribution is -2.05. The molecular formula is C4H3ClN2O2. The summed E-state index contributed by atoms with van der Waals surface area (Å²) < 4.78 is 0. The molecule has 0 radical (unpaired) electrons. The van der Waals surface area contributed by atoms with Gasteiger partial charge in [-0.15, -0.1) is 0 Å². The maximum absolute atomic E-state index is 10.5. The van der Waals surface area contributed by atoms with Crippen LogP contribution in [0.4, 0.5) is 0 Å². The number of H-pyrrole nitrogens is 1. The lowest BCUT2D eigenvalue weighted by molar-refractivity contribution is 0.451. The zero-order chi connectivity index (χ0) is 6.85. The lowest BCUT2D eigenvalue weighted by atomic mass is 10.6. The fourth-order valence-corrected chi connectivity index (χ4v) is 0.477. The highest BCUT2D eigenvalue weighted by Crippen LogP contribution is 2.11. The smallest absolute Gasteiger partial charge is 0.273 e. The molecule has 0 aliphatic rings. The fourth-order valence-electron chi connectivity index (χ4n) is 0.374. The quantitative estimate of drug-likeness (QED) is 0.547. The van der Waals surface area contributed by atoms with Gasteiger partial charge in [-0.2, -0.15) is 0 Å². The second-order valence-corrected chi connectivity index (χ2v) is 1.75. The zero-order valence-corrected chi connectivity index (χ0v) is 5.01. The van der Waals surface area contributed by atoms with Crippen LogP contribution in [0.5, 0.6) is 5.88 Å². The van der Waals surface area contributed by atoms with Gasteiger partial charge in [-0.25, -0.2) is 4.98 Å². The molecule has 1 aromatic rings. The average molecular weight is 147 g/mol. The molecule has 0 saturated heterocycles. The topological polar surface area (TPSA) is 66.0 Å². The fraction of sp³-hybridized carbons (Fsp3) is 0. The number of hydrogen-bond acceptors (Lipinski definition) is 3. The van der Waals surface area contributed by atoms with E-state index in [-0.39, 0.29) is 5.02 Å². The van der Waals surface area contributed by atoms with Gasteiger partial charge in [0.05, 0.1) is 6.33 Å². The zero-order valence-electron chi connectivity index (χ0n) is 4.26. The molecule has 0 fully saturated rings. The number of aromatic amines is 1. The van der Waals surface area contributed by atoms with Crippen molar-refractivity contribution in [2.45, 2.75) is 0 Å². The molecule has 1 aromatic heterocycles. The Kier molecular flexibility index (Phi) is 1.40. The highest BCUT2D eigenvalue weighted by atomic mass is 35.5. The molecule has 0 aromatic carbocycles. The van der Waals surface area contributed by atoms with E-state index in [1.54, 1.807) is 0 Å². The summed E-state index contributed by atoms with van der Waals surface area (Å²) in [5, 5.41) is 8.36. The predicted octanol–water partition coefficient (Wildman–Crippen LogP) is 0.129. The SMILES string of the molecule is O=c1[nH]cnc(O)c1Cl. The van der Waals surface area contributed by atoms with E-state index >= 15 is 0 Å². The Hall–Kier alpha value is -1.03. The van der Waals surface area contributed by atoms with Crippen LogP contribution >= 0.6 is 11.6 Å². The van der Waals surface area contributed by atoms with E-state index in [0.717, 1.165) is 6.33 Å². The first-order valence-corrected chi connectivity index (χ1v) is 2.52. The van der Waals surface area contributed by atoms with Crippen LogP contribution in [0.3, 0.4) is 0 Å². The Morgan fingerprint density at radius 3 is 2.89 bits per heavy atom. The number of halogens is 1. The van der Waals surface area contributed by atoms with Crippen molar-refractivity contribution in [2.75, 3.05) is 0 Å². The van der Waals surface area contributed by atoms with Gasteiger partial charge >= 0.3 is 0 Å². The van der Waals surface area contributed by atoms with E-state index in [1.807, 2.05) is 0 Å². The Balaban J connectivity index is 3.43. The molecule has 1 rings (SSSR count). The van der Waals surface area contributed by atoms with E-state index in [2.05, 4.69) is 9.97 Å². The Bertz CT molecular complexity index is 270. The summed E-state index contributed by atoms with van der Waals surface area (Å²) in [6, 6.07) is 0. The van der Waals surface area contributed by atoms with Gasteiger partial charge in [0.1, 0.15) is 0 Å². The summed E-state index contributed by atoms with van der Waals surface area (Å²) in [5.41, 5.74) is -0.538. The highest BCUT2D eigenvalue weighted by molar-refractivity contribution is 6.31. The van der Waals surface area contributed by atoms with Crippen LogP contribution in [0.15, 0.2) is 11.1 Å². The molecule has 48 valence electrons. The van der Waals surface area contributed by atoms with Gasteiger partial charge in [0.2, 0.25) is 5.88 Å². The first-order valence-electron chi connectivity index (χ1n) is 2.14. The van der Waals surface area contributed by atoms with Gasteiger partial charge < -0.3 is 10.1 Å². The van der Waals surface area contributed by atoms with Crippen molar-refractivity contribution in [3.05, 3.63) is 21.7 Å². The average Bonchev–Trinajstić information content (AvgIpc) is 1.83. The van der Waals surface area contributed by atoms with Crippen LogP contribution in [0, 0.1) is 0 Å². The van der Waals surface area contributed by atoms with Gasteiger partial charge in [0.25, 0.3) is 5.56 Å². The standard InChI is InChI=1S/C4H3ClN2O2/c5-2-3(8)6-1-7-4(2)9/h1H,(H2,6,7,8,9). The largest absolute Gasteiger partial charge is 0.492 e. The summed E-state index contributed by atoms with van der Waals surface area (Å²) in [7, 11) is 0. The van der Waals surface area contributed by atoms with Crippen LogP contribution in [-0.4, -0.2) is 15.1 Å². The first kappa shape index (κ1) is 6.10. The van der Waals surface area contributed by atoms with Crippen LogP contribution in [-0.2, 0) is 0 Å². The maximum atomic E-state index is 10.5. The number of rotatable bonds is 0. The molecule has 0 bridgehead atoms. The third kappa shape index (κ3) is 1.02. The Morgan fingerprint density at radius 1 is 1.78 bits per heavy atom. The Morgan fingerprint density at radius 2 is 2.44 bits per heavy atom. The normalized spacial score (nSPS) is 9.44. The third-order valence-electron chi connectivity index (χ3n) is 0.778. The van der Waals surface area contributed by atoms with Crippen LogP contribution < -0.4 is 5.56 Å². The molecular weight excluding hydrogens is 144 g/mol. The summed E-state index contributed by atoms with van der Waals surface area (Å²) in [5.74, 6) is -0.444. The van der Waals surface area contributed by atoms with Gasteiger partial charge in [-0.05, 0) is 0 Å². The number of nitrogens with zero attached hydrogens (tertiary/aromatic N) is 1. The van der Waals surface area contributed by atoms with E-state index in [0.29, 0.717) is 0 Å². The molecule has 0 aliphatic carbocycles. The first-order chi connectivity index (χ1) is 4.22. The second-order valence-electron chi connectivity index (χ2n) is 1.37. The number of aromatic hydroxyl groups is 1. The van der Waals surface area contributed by atoms with Crippen molar-refractivity contribution in [2.24, 2.45) is 0 Å². The Labute approximate surface area is 55.1 Å². The molecule has 0 spiro atoms. The van der Waals surface area contributed by atoms with E-state index in [9.17, 15) is 4.79 Å². The minimum atomic E-state index is -0.538. The maximum Gasteiger partial charge on any atom is 0.273 e. The van der Waals surface area contributed by atoms with Gasteiger partial charge in [0.15, 0.2) is 5.02 Å². The summed E-state index contributed by atoms with van der Waals surface area (Å²) in [6.45, 7) is 0. The van der Waals surface area contributed by atoms with Crippen LogP contribution in [0.2, 0.25) is 5.02 Å². The summed E-state index contributed by atoms with van der Waals surface area (Å²) in [6.07, 6.45) is 1.07.